The van der Waals surface area contributed by atoms with Gasteiger partial charge in [-0.1, -0.05) is 35.9 Å². The molecule has 0 radical (unpaired) electrons. The van der Waals surface area contributed by atoms with Crippen LogP contribution in [0.25, 0.3) is 0 Å². The molecule has 1 fully saturated rings. The van der Waals surface area contributed by atoms with E-state index in [2.05, 4.69) is 22.3 Å². The number of hydrogen-bond donors (Lipinski definition) is 1. The third-order valence-corrected chi connectivity index (χ3v) is 5.06. The number of urea groups is 1. The number of carbonyl (C=O) groups excluding carboxylic acids is 2. The van der Waals surface area contributed by atoms with Gasteiger partial charge in [-0.15, -0.1) is 0 Å². The number of anilines is 1. The van der Waals surface area contributed by atoms with E-state index in [1.54, 1.807) is 24.3 Å². The van der Waals surface area contributed by atoms with Crippen molar-refractivity contribution in [3.05, 3.63) is 64.7 Å². The van der Waals surface area contributed by atoms with Crippen molar-refractivity contribution in [2.24, 2.45) is 0 Å². The number of nitrogens with one attached hydrogen (secondary N) is 1. The van der Waals surface area contributed by atoms with E-state index < -0.39 is 0 Å². The van der Waals surface area contributed by atoms with E-state index in [0.717, 1.165) is 31.1 Å². The van der Waals surface area contributed by atoms with Crippen molar-refractivity contribution in [1.29, 1.82) is 0 Å². The minimum absolute atomic E-state index is 0.0135. The molecule has 6 heteroatoms. The van der Waals surface area contributed by atoms with E-state index in [0.29, 0.717) is 24.3 Å². The fraction of sp³-hybridized carbons (Fsp3) is 0.333. The lowest BCUT2D eigenvalue weighted by Gasteiger charge is -2.34. The molecule has 1 heterocycles. The lowest BCUT2D eigenvalue weighted by atomic mass is 10.1. The standard InChI is InChI=1S/C21H24ClN3O2/c1-16(26)18-3-2-4-20(15-18)23-21(27)25-13-11-24(12-14-25)10-9-17-5-7-19(22)8-6-17/h2-8,15H,9-14H2,1H3,(H,23,27). The van der Waals surface area contributed by atoms with Gasteiger partial charge in [0.2, 0.25) is 0 Å². The molecule has 1 saturated heterocycles. The molecular weight excluding hydrogens is 362 g/mol. The molecule has 5 nitrogen and oxygen atoms in total. The topological polar surface area (TPSA) is 52.7 Å². The lowest BCUT2D eigenvalue weighted by molar-refractivity contribution is 0.101. The van der Waals surface area contributed by atoms with Crippen LogP contribution in [0.2, 0.25) is 5.02 Å². The molecule has 2 aromatic rings. The number of piperazine rings is 1. The summed E-state index contributed by atoms with van der Waals surface area (Å²) >= 11 is 5.92. The molecule has 2 amide bonds. The third kappa shape index (κ3) is 5.55. The van der Waals surface area contributed by atoms with Crippen LogP contribution in [0, 0.1) is 0 Å². The Morgan fingerprint density at radius 2 is 1.74 bits per heavy atom. The average Bonchev–Trinajstić information content (AvgIpc) is 2.68. The Bertz CT molecular complexity index is 799. The Hall–Kier alpha value is -2.37. The van der Waals surface area contributed by atoms with Crippen molar-refractivity contribution >= 4 is 29.1 Å². The third-order valence-electron chi connectivity index (χ3n) is 4.81. The second-order valence-corrected chi connectivity index (χ2v) is 7.21. The zero-order chi connectivity index (χ0) is 19.2. The summed E-state index contributed by atoms with van der Waals surface area (Å²) in [6, 6.07) is 14.9. The number of ketones is 1. The summed E-state index contributed by atoms with van der Waals surface area (Å²) in [6.45, 7) is 5.59. The van der Waals surface area contributed by atoms with Crippen LogP contribution < -0.4 is 5.32 Å². The Balaban J connectivity index is 1.45. The zero-order valence-electron chi connectivity index (χ0n) is 15.5. The molecule has 0 atom stereocenters. The molecule has 3 rings (SSSR count). The Labute approximate surface area is 164 Å². The zero-order valence-corrected chi connectivity index (χ0v) is 16.2. The Morgan fingerprint density at radius 3 is 2.41 bits per heavy atom. The summed E-state index contributed by atoms with van der Waals surface area (Å²) in [7, 11) is 0. The van der Waals surface area contributed by atoms with Crippen LogP contribution in [0.4, 0.5) is 10.5 Å². The molecule has 0 bridgehead atoms. The van der Waals surface area contributed by atoms with Crippen molar-refractivity contribution < 1.29 is 9.59 Å². The van der Waals surface area contributed by atoms with E-state index in [-0.39, 0.29) is 11.8 Å². The minimum atomic E-state index is -0.118. The highest BCUT2D eigenvalue weighted by Crippen LogP contribution is 2.14. The molecule has 1 aliphatic rings. The van der Waals surface area contributed by atoms with Crippen LogP contribution >= 0.6 is 11.6 Å². The maximum absolute atomic E-state index is 12.5. The quantitative estimate of drug-likeness (QED) is 0.793. The summed E-state index contributed by atoms with van der Waals surface area (Å²) in [5.41, 5.74) is 2.52. The molecular formula is C21H24ClN3O2. The first kappa shape index (κ1) is 19.4. The van der Waals surface area contributed by atoms with Crippen LogP contribution in [0.3, 0.4) is 0 Å². The van der Waals surface area contributed by atoms with Crippen molar-refractivity contribution in [1.82, 2.24) is 9.80 Å². The normalized spacial score (nSPS) is 14.8. The van der Waals surface area contributed by atoms with Gasteiger partial charge in [0.05, 0.1) is 0 Å². The van der Waals surface area contributed by atoms with Crippen LogP contribution in [-0.2, 0) is 6.42 Å². The van der Waals surface area contributed by atoms with Gasteiger partial charge < -0.3 is 10.2 Å². The number of halogens is 1. The van der Waals surface area contributed by atoms with Gasteiger partial charge in [0.1, 0.15) is 0 Å². The smallest absolute Gasteiger partial charge is 0.321 e. The van der Waals surface area contributed by atoms with Gasteiger partial charge in [0, 0.05) is 49.0 Å². The first-order chi connectivity index (χ1) is 13.0. The number of rotatable bonds is 5. The van der Waals surface area contributed by atoms with Crippen LogP contribution in [0.5, 0.6) is 0 Å². The molecule has 0 saturated carbocycles. The number of Topliss-reactive ketones (excluding diaryl/α,β-unsaturated/α-hetero) is 1. The molecule has 1 N–H and O–H groups in total. The number of hydrogen-bond acceptors (Lipinski definition) is 3. The van der Waals surface area contributed by atoms with Crippen molar-refractivity contribution in [3.63, 3.8) is 0 Å². The highest BCUT2D eigenvalue weighted by molar-refractivity contribution is 6.30. The first-order valence-electron chi connectivity index (χ1n) is 9.15. The van der Waals surface area contributed by atoms with Crippen molar-refractivity contribution in [2.45, 2.75) is 13.3 Å². The van der Waals surface area contributed by atoms with E-state index in [1.807, 2.05) is 17.0 Å². The van der Waals surface area contributed by atoms with Gasteiger partial charge in [-0.25, -0.2) is 4.79 Å². The SMILES string of the molecule is CC(=O)c1cccc(NC(=O)N2CCN(CCc3ccc(Cl)cc3)CC2)c1. The second kappa shape index (κ2) is 9.02. The predicted molar refractivity (Wildman–Crippen MR) is 109 cm³/mol. The van der Waals surface area contributed by atoms with E-state index in [4.69, 9.17) is 11.6 Å². The van der Waals surface area contributed by atoms with Crippen LogP contribution in [0.1, 0.15) is 22.8 Å². The Kier molecular flexibility index (Phi) is 6.48. The second-order valence-electron chi connectivity index (χ2n) is 6.77. The number of benzene rings is 2. The highest BCUT2D eigenvalue weighted by Gasteiger charge is 2.21. The predicted octanol–water partition coefficient (Wildman–Crippen LogP) is 3.93. The summed E-state index contributed by atoms with van der Waals surface area (Å²) in [6.07, 6.45) is 0.973. The van der Waals surface area contributed by atoms with E-state index in [1.165, 1.54) is 12.5 Å². The van der Waals surface area contributed by atoms with Gasteiger partial charge in [-0.3, -0.25) is 9.69 Å². The number of nitrogens with zero attached hydrogens (tertiary/aromatic N) is 2. The summed E-state index contributed by atoms with van der Waals surface area (Å²) in [5, 5.41) is 3.65. The van der Waals surface area contributed by atoms with E-state index in [9.17, 15) is 9.59 Å². The van der Waals surface area contributed by atoms with Gasteiger partial charge in [-0.2, -0.15) is 0 Å². The van der Waals surface area contributed by atoms with Crippen LogP contribution in [-0.4, -0.2) is 54.3 Å². The van der Waals surface area contributed by atoms with Gasteiger partial charge >= 0.3 is 6.03 Å². The average molecular weight is 386 g/mol. The van der Waals surface area contributed by atoms with Gasteiger partial charge in [0.15, 0.2) is 5.78 Å². The fourth-order valence-electron chi connectivity index (χ4n) is 3.13. The first-order valence-corrected chi connectivity index (χ1v) is 9.53. The van der Waals surface area contributed by atoms with Crippen molar-refractivity contribution in [3.8, 4) is 0 Å². The maximum atomic E-state index is 12.5. The molecule has 0 spiro atoms. The molecule has 27 heavy (non-hydrogen) atoms. The molecule has 0 aromatic heterocycles. The van der Waals surface area contributed by atoms with Gasteiger partial charge in [0.25, 0.3) is 0 Å². The Morgan fingerprint density at radius 1 is 1.04 bits per heavy atom. The number of carbonyl (C=O) groups is 2. The highest BCUT2D eigenvalue weighted by atomic mass is 35.5. The van der Waals surface area contributed by atoms with Gasteiger partial charge in [-0.05, 0) is 43.2 Å². The molecule has 2 aromatic carbocycles. The molecule has 1 aliphatic heterocycles. The summed E-state index contributed by atoms with van der Waals surface area (Å²) in [4.78, 5) is 28.1. The summed E-state index contributed by atoms with van der Waals surface area (Å²) < 4.78 is 0. The van der Waals surface area contributed by atoms with E-state index >= 15 is 0 Å². The van der Waals surface area contributed by atoms with Crippen molar-refractivity contribution in [2.75, 3.05) is 38.0 Å². The number of amides is 2. The summed E-state index contributed by atoms with van der Waals surface area (Å²) in [5.74, 6) is -0.0135. The lowest BCUT2D eigenvalue weighted by Crippen LogP contribution is -2.50. The van der Waals surface area contributed by atoms with Crippen LogP contribution in [0.15, 0.2) is 48.5 Å². The largest absolute Gasteiger partial charge is 0.322 e. The molecule has 0 aliphatic carbocycles. The maximum Gasteiger partial charge on any atom is 0.321 e. The monoisotopic (exact) mass is 385 g/mol. The molecule has 0 unspecified atom stereocenters. The fourth-order valence-corrected chi connectivity index (χ4v) is 3.26. The minimum Gasteiger partial charge on any atom is -0.322 e. The molecule has 142 valence electrons.